The van der Waals surface area contributed by atoms with Gasteiger partial charge in [-0.1, -0.05) is 6.92 Å². The fraction of sp³-hybridized carbons (Fsp3) is 0.750. The fourth-order valence-corrected chi connectivity index (χ4v) is 2.70. The standard InChI is InChI=1S/C12H19N3/c1-7-4-10(7)11-6-12-13-8(2)5-9(3)15(12)14-11/h6-10,13H,4-5H2,1-3H3. The Kier molecular flexibility index (Phi) is 1.85. The molecule has 0 spiro atoms. The van der Waals surface area contributed by atoms with E-state index in [1.54, 1.807) is 0 Å². The quantitative estimate of drug-likeness (QED) is 0.764. The molecule has 3 heteroatoms. The van der Waals surface area contributed by atoms with Gasteiger partial charge in [-0.05, 0) is 32.6 Å². The summed E-state index contributed by atoms with van der Waals surface area (Å²) in [6.45, 7) is 6.81. The van der Waals surface area contributed by atoms with Crippen LogP contribution in [0.15, 0.2) is 6.07 Å². The van der Waals surface area contributed by atoms with E-state index in [1.165, 1.54) is 24.4 Å². The third-order valence-corrected chi connectivity index (χ3v) is 3.75. The molecule has 2 heterocycles. The summed E-state index contributed by atoms with van der Waals surface area (Å²) in [4.78, 5) is 0. The highest BCUT2D eigenvalue weighted by atomic mass is 15.4. The van der Waals surface area contributed by atoms with Crippen molar-refractivity contribution in [2.75, 3.05) is 5.32 Å². The minimum atomic E-state index is 0.541. The van der Waals surface area contributed by atoms with Gasteiger partial charge in [-0.3, -0.25) is 0 Å². The molecule has 1 aromatic rings. The molecule has 15 heavy (non-hydrogen) atoms. The van der Waals surface area contributed by atoms with Crippen LogP contribution in [0.25, 0.3) is 0 Å². The highest BCUT2D eigenvalue weighted by molar-refractivity contribution is 5.42. The van der Waals surface area contributed by atoms with Crippen LogP contribution in [0.1, 0.15) is 51.3 Å². The molecule has 4 atom stereocenters. The van der Waals surface area contributed by atoms with Crippen LogP contribution in [-0.2, 0) is 0 Å². The molecule has 1 aliphatic carbocycles. The first-order valence-electron chi connectivity index (χ1n) is 6.01. The van der Waals surface area contributed by atoms with Crippen LogP contribution >= 0.6 is 0 Å². The van der Waals surface area contributed by atoms with Crippen molar-refractivity contribution >= 4 is 5.82 Å². The summed E-state index contributed by atoms with van der Waals surface area (Å²) in [5, 5.41) is 8.24. The monoisotopic (exact) mass is 205 g/mol. The third-order valence-electron chi connectivity index (χ3n) is 3.75. The van der Waals surface area contributed by atoms with Crippen LogP contribution in [0.3, 0.4) is 0 Å². The fourth-order valence-electron chi connectivity index (χ4n) is 2.70. The molecule has 82 valence electrons. The van der Waals surface area contributed by atoms with Gasteiger partial charge in [-0.25, -0.2) is 4.68 Å². The molecule has 3 nitrogen and oxygen atoms in total. The summed E-state index contributed by atoms with van der Waals surface area (Å²) in [7, 11) is 0. The van der Waals surface area contributed by atoms with Crippen molar-refractivity contribution in [2.24, 2.45) is 5.92 Å². The maximum absolute atomic E-state index is 4.73. The molecule has 1 fully saturated rings. The first kappa shape index (κ1) is 9.25. The van der Waals surface area contributed by atoms with Crippen molar-refractivity contribution in [3.05, 3.63) is 11.8 Å². The Labute approximate surface area is 90.9 Å². The van der Waals surface area contributed by atoms with Gasteiger partial charge >= 0.3 is 0 Å². The summed E-state index contributed by atoms with van der Waals surface area (Å²) in [5.41, 5.74) is 1.30. The van der Waals surface area contributed by atoms with Gasteiger partial charge in [0, 0.05) is 18.0 Å². The Hall–Kier alpha value is -0.990. The van der Waals surface area contributed by atoms with Crippen molar-refractivity contribution in [1.82, 2.24) is 9.78 Å². The molecule has 3 rings (SSSR count). The largest absolute Gasteiger partial charge is 0.368 e. The van der Waals surface area contributed by atoms with E-state index in [-0.39, 0.29) is 0 Å². The second kappa shape index (κ2) is 3.00. The summed E-state index contributed by atoms with van der Waals surface area (Å²) < 4.78 is 2.17. The van der Waals surface area contributed by atoms with Gasteiger partial charge in [-0.15, -0.1) is 0 Å². The second-order valence-corrected chi connectivity index (χ2v) is 5.35. The molecule has 0 amide bonds. The van der Waals surface area contributed by atoms with E-state index in [0.717, 1.165) is 11.8 Å². The maximum Gasteiger partial charge on any atom is 0.125 e. The Bertz CT molecular complexity index is 382. The topological polar surface area (TPSA) is 29.9 Å². The lowest BCUT2D eigenvalue weighted by molar-refractivity contribution is 0.411. The Morgan fingerprint density at radius 2 is 2.07 bits per heavy atom. The Balaban J connectivity index is 1.93. The minimum absolute atomic E-state index is 0.541. The second-order valence-electron chi connectivity index (χ2n) is 5.35. The number of anilines is 1. The SMILES string of the molecule is CC1CC(C)n2nc(C3CC3C)cc2N1. The van der Waals surface area contributed by atoms with Gasteiger partial charge in [0.1, 0.15) is 5.82 Å². The molecule has 0 radical (unpaired) electrons. The number of fused-ring (bicyclic) bond motifs is 1. The van der Waals surface area contributed by atoms with Gasteiger partial charge in [-0.2, -0.15) is 5.10 Å². The zero-order valence-electron chi connectivity index (χ0n) is 9.70. The van der Waals surface area contributed by atoms with Crippen LogP contribution in [-0.4, -0.2) is 15.8 Å². The Morgan fingerprint density at radius 1 is 1.33 bits per heavy atom. The van der Waals surface area contributed by atoms with E-state index in [0.29, 0.717) is 12.1 Å². The molecule has 1 N–H and O–H groups in total. The molecule has 4 unspecified atom stereocenters. The highest BCUT2D eigenvalue weighted by Gasteiger charge is 2.37. The third kappa shape index (κ3) is 1.45. The summed E-state index contributed by atoms with van der Waals surface area (Å²) in [6, 6.07) is 3.37. The molecule has 1 saturated carbocycles. The smallest absolute Gasteiger partial charge is 0.125 e. The van der Waals surface area contributed by atoms with E-state index in [1.807, 2.05) is 0 Å². The molecule has 0 saturated heterocycles. The van der Waals surface area contributed by atoms with Crippen LogP contribution in [0.2, 0.25) is 0 Å². The lowest BCUT2D eigenvalue weighted by atomic mass is 10.1. The highest BCUT2D eigenvalue weighted by Crippen LogP contribution is 2.47. The Morgan fingerprint density at radius 3 is 2.73 bits per heavy atom. The van der Waals surface area contributed by atoms with Crippen LogP contribution in [0.4, 0.5) is 5.82 Å². The molecule has 1 aliphatic heterocycles. The molecular formula is C12H19N3. The van der Waals surface area contributed by atoms with E-state index in [2.05, 4.69) is 36.8 Å². The average molecular weight is 205 g/mol. The van der Waals surface area contributed by atoms with Crippen molar-refractivity contribution in [2.45, 2.75) is 51.6 Å². The molecular weight excluding hydrogens is 186 g/mol. The lowest BCUT2D eigenvalue weighted by Crippen LogP contribution is -2.28. The van der Waals surface area contributed by atoms with Gasteiger partial charge < -0.3 is 5.32 Å². The molecule has 1 aromatic heterocycles. The molecule has 2 aliphatic rings. The van der Waals surface area contributed by atoms with Gasteiger partial charge in [0.15, 0.2) is 0 Å². The van der Waals surface area contributed by atoms with Crippen LogP contribution in [0.5, 0.6) is 0 Å². The molecule has 0 aromatic carbocycles. The number of nitrogens with one attached hydrogen (secondary N) is 1. The number of hydrogen-bond donors (Lipinski definition) is 1. The van der Waals surface area contributed by atoms with Crippen molar-refractivity contribution in [1.29, 1.82) is 0 Å². The first-order chi connectivity index (χ1) is 7.15. The van der Waals surface area contributed by atoms with Crippen molar-refractivity contribution < 1.29 is 0 Å². The lowest BCUT2D eigenvalue weighted by Gasteiger charge is -2.27. The van der Waals surface area contributed by atoms with Crippen molar-refractivity contribution in [3.8, 4) is 0 Å². The zero-order valence-corrected chi connectivity index (χ0v) is 9.70. The predicted molar refractivity (Wildman–Crippen MR) is 61.2 cm³/mol. The zero-order chi connectivity index (χ0) is 10.6. The predicted octanol–water partition coefficient (Wildman–Crippen LogP) is 2.77. The number of hydrogen-bond acceptors (Lipinski definition) is 2. The van der Waals surface area contributed by atoms with E-state index in [4.69, 9.17) is 5.10 Å². The summed E-state index contributed by atoms with van der Waals surface area (Å²) in [6.07, 6.45) is 2.49. The van der Waals surface area contributed by atoms with E-state index in [9.17, 15) is 0 Å². The van der Waals surface area contributed by atoms with Gasteiger partial charge in [0.25, 0.3) is 0 Å². The van der Waals surface area contributed by atoms with Crippen LogP contribution in [0, 0.1) is 5.92 Å². The molecule has 0 bridgehead atoms. The number of aromatic nitrogens is 2. The minimum Gasteiger partial charge on any atom is -0.368 e. The maximum atomic E-state index is 4.73. The average Bonchev–Trinajstić information content (AvgIpc) is 2.74. The summed E-state index contributed by atoms with van der Waals surface area (Å²) >= 11 is 0. The van der Waals surface area contributed by atoms with E-state index < -0.39 is 0 Å². The first-order valence-corrected chi connectivity index (χ1v) is 6.01. The number of rotatable bonds is 1. The van der Waals surface area contributed by atoms with Crippen molar-refractivity contribution in [3.63, 3.8) is 0 Å². The van der Waals surface area contributed by atoms with Gasteiger partial charge in [0.2, 0.25) is 0 Å². The van der Waals surface area contributed by atoms with E-state index >= 15 is 0 Å². The normalized spacial score (nSPS) is 38.3. The van der Waals surface area contributed by atoms with Crippen LogP contribution < -0.4 is 5.32 Å². The van der Waals surface area contributed by atoms with Gasteiger partial charge in [0.05, 0.1) is 11.7 Å². The summed E-state index contributed by atoms with van der Waals surface area (Å²) in [5.74, 6) is 2.79. The number of nitrogens with zero attached hydrogens (tertiary/aromatic N) is 2.